The topological polar surface area (TPSA) is 79.8 Å². The molecule has 0 radical (unpaired) electrons. The number of fused-ring (bicyclic) bond motifs is 1. The number of aromatic amines is 1. The number of para-hydroxylation sites is 1. The fourth-order valence-electron chi connectivity index (χ4n) is 2.40. The Bertz CT molecular complexity index is 979. The summed E-state index contributed by atoms with van der Waals surface area (Å²) in [5, 5.41) is 3.34. The van der Waals surface area contributed by atoms with E-state index in [9.17, 15) is 9.59 Å². The largest absolute Gasteiger partial charge is 0.350 e. The van der Waals surface area contributed by atoms with Gasteiger partial charge in [-0.3, -0.25) is 19.1 Å². The molecule has 6 nitrogen and oxygen atoms in total. The van der Waals surface area contributed by atoms with Gasteiger partial charge in [0.15, 0.2) is 4.77 Å². The highest BCUT2D eigenvalue weighted by atomic mass is 32.1. The van der Waals surface area contributed by atoms with Gasteiger partial charge in [-0.25, -0.2) is 0 Å². The van der Waals surface area contributed by atoms with E-state index in [1.165, 1.54) is 4.57 Å². The minimum atomic E-state index is -0.188. The van der Waals surface area contributed by atoms with E-state index in [2.05, 4.69) is 15.3 Å². The third-order valence-electron chi connectivity index (χ3n) is 3.64. The fraction of sp³-hybridized carbons (Fsp3) is 0.176. The van der Waals surface area contributed by atoms with Gasteiger partial charge in [0, 0.05) is 19.2 Å². The number of H-pyrrole nitrogens is 1. The molecule has 0 aliphatic carbocycles. The van der Waals surface area contributed by atoms with Gasteiger partial charge in [-0.2, -0.15) is 0 Å². The Hall–Kier alpha value is -2.80. The first-order chi connectivity index (χ1) is 11.6. The first-order valence-electron chi connectivity index (χ1n) is 7.53. The van der Waals surface area contributed by atoms with Crippen molar-refractivity contribution in [1.82, 2.24) is 19.9 Å². The summed E-state index contributed by atoms with van der Waals surface area (Å²) in [6, 6.07) is 12.7. The number of nitrogens with zero attached hydrogens (tertiary/aromatic N) is 2. The second-order valence-electron chi connectivity index (χ2n) is 5.28. The molecule has 0 saturated carbocycles. The SMILES string of the molecule is O=C(CCn1c(=S)[nH]c2ccccc2c1=O)NCc1ccccn1. The van der Waals surface area contributed by atoms with Gasteiger partial charge in [-0.1, -0.05) is 18.2 Å². The molecule has 2 heterocycles. The molecule has 0 unspecified atom stereocenters. The number of hydrogen-bond donors (Lipinski definition) is 2. The Labute approximate surface area is 143 Å². The summed E-state index contributed by atoms with van der Waals surface area (Å²) in [4.78, 5) is 31.6. The van der Waals surface area contributed by atoms with Gasteiger partial charge >= 0.3 is 0 Å². The minimum Gasteiger partial charge on any atom is -0.350 e. The van der Waals surface area contributed by atoms with Gasteiger partial charge in [0.25, 0.3) is 5.56 Å². The Kier molecular flexibility index (Phi) is 4.81. The predicted molar refractivity (Wildman–Crippen MR) is 94.1 cm³/mol. The molecule has 0 aliphatic heterocycles. The summed E-state index contributed by atoms with van der Waals surface area (Å²) in [5.74, 6) is -0.157. The molecule has 1 amide bonds. The molecule has 0 aliphatic rings. The van der Waals surface area contributed by atoms with Crippen molar-refractivity contribution >= 4 is 29.0 Å². The van der Waals surface area contributed by atoms with E-state index in [0.29, 0.717) is 22.2 Å². The van der Waals surface area contributed by atoms with Crippen molar-refractivity contribution in [2.24, 2.45) is 0 Å². The van der Waals surface area contributed by atoms with Crippen LogP contribution in [0.5, 0.6) is 0 Å². The highest BCUT2D eigenvalue weighted by molar-refractivity contribution is 7.71. The van der Waals surface area contributed by atoms with E-state index < -0.39 is 0 Å². The molecule has 3 aromatic rings. The normalized spacial score (nSPS) is 10.7. The second-order valence-corrected chi connectivity index (χ2v) is 5.67. The quantitative estimate of drug-likeness (QED) is 0.698. The van der Waals surface area contributed by atoms with Crippen LogP contribution in [-0.4, -0.2) is 20.4 Å². The van der Waals surface area contributed by atoms with E-state index in [1.54, 1.807) is 24.4 Å². The molecule has 0 fully saturated rings. The first-order valence-corrected chi connectivity index (χ1v) is 7.94. The van der Waals surface area contributed by atoms with Crippen LogP contribution < -0.4 is 10.9 Å². The van der Waals surface area contributed by atoms with Crippen molar-refractivity contribution in [3.63, 3.8) is 0 Å². The second kappa shape index (κ2) is 7.18. The molecule has 3 rings (SSSR count). The van der Waals surface area contributed by atoms with Crippen molar-refractivity contribution < 1.29 is 4.79 Å². The fourth-order valence-corrected chi connectivity index (χ4v) is 2.68. The summed E-state index contributed by atoms with van der Waals surface area (Å²) >= 11 is 5.23. The number of aromatic nitrogens is 3. The first kappa shape index (κ1) is 16.1. The Morgan fingerprint density at radius 2 is 2.00 bits per heavy atom. The van der Waals surface area contributed by atoms with Crippen LogP contribution in [0, 0.1) is 4.77 Å². The van der Waals surface area contributed by atoms with Gasteiger partial charge < -0.3 is 10.3 Å². The van der Waals surface area contributed by atoms with Gasteiger partial charge in [-0.15, -0.1) is 0 Å². The summed E-state index contributed by atoms with van der Waals surface area (Å²) in [6.45, 7) is 0.589. The molecule has 122 valence electrons. The summed E-state index contributed by atoms with van der Waals surface area (Å²) in [7, 11) is 0. The van der Waals surface area contributed by atoms with Gasteiger partial charge in [0.2, 0.25) is 5.91 Å². The monoisotopic (exact) mass is 340 g/mol. The van der Waals surface area contributed by atoms with Crippen LogP contribution in [0.1, 0.15) is 12.1 Å². The lowest BCUT2D eigenvalue weighted by Crippen LogP contribution is -2.28. The zero-order chi connectivity index (χ0) is 16.9. The zero-order valence-corrected chi connectivity index (χ0v) is 13.7. The molecule has 0 atom stereocenters. The van der Waals surface area contributed by atoms with Gasteiger partial charge in [0.1, 0.15) is 0 Å². The minimum absolute atomic E-state index is 0.157. The average Bonchev–Trinajstić information content (AvgIpc) is 2.60. The molecule has 2 N–H and O–H groups in total. The number of rotatable bonds is 5. The molecule has 2 aromatic heterocycles. The Balaban J connectivity index is 1.68. The number of nitrogens with one attached hydrogen (secondary N) is 2. The Morgan fingerprint density at radius 1 is 1.21 bits per heavy atom. The van der Waals surface area contributed by atoms with Crippen LogP contribution in [0.4, 0.5) is 0 Å². The van der Waals surface area contributed by atoms with Crippen LogP contribution in [-0.2, 0) is 17.9 Å². The van der Waals surface area contributed by atoms with Crippen molar-refractivity contribution in [3.05, 3.63) is 69.5 Å². The third-order valence-corrected chi connectivity index (χ3v) is 3.97. The molecule has 24 heavy (non-hydrogen) atoms. The number of amides is 1. The number of carbonyl (C=O) groups excluding carboxylic acids is 1. The number of hydrogen-bond acceptors (Lipinski definition) is 4. The molecule has 0 saturated heterocycles. The van der Waals surface area contributed by atoms with E-state index in [4.69, 9.17) is 12.2 Å². The van der Waals surface area contributed by atoms with Gasteiger partial charge in [-0.05, 0) is 36.5 Å². The maximum Gasteiger partial charge on any atom is 0.262 e. The van der Waals surface area contributed by atoms with Crippen molar-refractivity contribution in [1.29, 1.82) is 0 Å². The lowest BCUT2D eigenvalue weighted by atomic mass is 10.2. The van der Waals surface area contributed by atoms with Crippen molar-refractivity contribution in [2.75, 3.05) is 0 Å². The van der Waals surface area contributed by atoms with E-state index in [0.717, 1.165) is 5.69 Å². The summed E-state index contributed by atoms with van der Waals surface area (Å²) in [5.41, 5.74) is 1.29. The van der Waals surface area contributed by atoms with E-state index >= 15 is 0 Å². The van der Waals surface area contributed by atoms with Crippen LogP contribution in [0.2, 0.25) is 0 Å². The Morgan fingerprint density at radius 3 is 2.79 bits per heavy atom. The number of benzene rings is 1. The number of carbonyl (C=O) groups is 1. The van der Waals surface area contributed by atoms with Crippen LogP contribution >= 0.6 is 12.2 Å². The smallest absolute Gasteiger partial charge is 0.262 e. The van der Waals surface area contributed by atoms with Crippen LogP contribution in [0.15, 0.2) is 53.5 Å². The lowest BCUT2D eigenvalue weighted by molar-refractivity contribution is -0.121. The third kappa shape index (κ3) is 3.57. The molecule has 0 spiro atoms. The maximum atomic E-state index is 12.5. The standard InChI is InChI=1S/C17H16N4O2S/c22-15(19-11-12-5-3-4-9-18-12)8-10-21-16(23)13-6-1-2-7-14(13)20-17(21)24/h1-7,9H,8,10-11H2,(H,19,22)(H,20,24). The molecule has 7 heteroatoms. The molecule has 0 bridgehead atoms. The van der Waals surface area contributed by atoms with Crippen molar-refractivity contribution in [2.45, 2.75) is 19.5 Å². The summed E-state index contributed by atoms with van der Waals surface area (Å²) < 4.78 is 1.73. The molecular formula is C17H16N4O2S. The van der Waals surface area contributed by atoms with E-state index in [-0.39, 0.29) is 24.4 Å². The van der Waals surface area contributed by atoms with Gasteiger partial charge in [0.05, 0.1) is 23.1 Å². The highest BCUT2D eigenvalue weighted by Crippen LogP contribution is 2.06. The summed E-state index contributed by atoms with van der Waals surface area (Å²) in [6.07, 6.45) is 1.85. The average molecular weight is 340 g/mol. The van der Waals surface area contributed by atoms with E-state index in [1.807, 2.05) is 24.3 Å². The molecule has 1 aromatic carbocycles. The lowest BCUT2D eigenvalue weighted by Gasteiger charge is -2.08. The zero-order valence-electron chi connectivity index (χ0n) is 12.9. The maximum absolute atomic E-state index is 12.5. The van der Waals surface area contributed by atoms with Crippen molar-refractivity contribution in [3.8, 4) is 0 Å². The molecular weight excluding hydrogens is 324 g/mol. The van der Waals surface area contributed by atoms with Crippen LogP contribution in [0.25, 0.3) is 10.9 Å². The van der Waals surface area contributed by atoms with Crippen LogP contribution in [0.3, 0.4) is 0 Å². The highest BCUT2D eigenvalue weighted by Gasteiger charge is 2.08. The predicted octanol–water partition coefficient (Wildman–Crippen LogP) is 2.16. The number of pyridine rings is 1.